The number of hydrogen-bond acceptors (Lipinski definition) is 5. The van der Waals surface area contributed by atoms with E-state index in [0.717, 1.165) is 15.8 Å². The number of esters is 1. The Bertz CT molecular complexity index is 766. The Kier molecular flexibility index (Phi) is 6.81. The van der Waals surface area contributed by atoms with E-state index in [-0.39, 0.29) is 12.3 Å². The molecule has 7 heteroatoms. The molecule has 136 valence electrons. The highest BCUT2D eigenvalue weighted by Crippen LogP contribution is 2.23. The number of thiophene rings is 1. The molecule has 0 aliphatic carbocycles. The van der Waals surface area contributed by atoms with Gasteiger partial charge in [-0.2, -0.15) is 0 Å². The van der Waals surface area contributed by atoms with Crippen molar-refractivity contribution < 1.29 is 14.3 Å². The second-order valence-electron chi connectivity index (χ2n) is 5.78. The molecule has 0 amide bonds. The molecule has 0 saturated heterocycles. The van der Waals surface area contributed by atoms with Crippen LogP contribution in [0.15, 0.2) is 12.1 Å². The molecule has 0 aromatic carbocycles. The third-order valence-electron chi connectivity index (χ3n) is 4.02. The van der Waals surface area contributed by atoms with Crippen LogP contribution in [0, 0.1) is 13.8 Å². The molecule has 0 saturated carbocycles. The van der Waals surface area contributed by atoms with Crippen LogP contribution in [-0.4, -0.2) is 41.3 Å². The summed E-state index contributed by atoms with van der Waals surface area (Å²) < 4.78 is 5.82. The van der Waals surface area contributed by atoms with Gasteiger partial charge < -0.3 is 9.72 Å². The van der Waals surface area contributed by atoms with E-state index in [4.69, 9.17) is 16.3 Å². The molecule has 0 radical (unpaired) electrons. The average molecular weight is 383 g/mol. The maximum atomic E-state index is 12.7. The van der Waals surface area contributed by atoms with Crippen LogP contribution < -0.4 is 0 Å². The molecule has 2 aromatic heterocycles. The lowest BCUT2D eigenvalue weighted by Gasteiger charge is -2.18. The Balaban J connectivity index is 2.14. The summed E-state index contributed by atoms with van der Waals surface area (Å²) in [5.74, 6) is -0.436. The van der Waals surface area contributed by atoms with E-state index in [1.807, 2.05) is 24.0 Å². The monoisotopic (exact) mass is 382 g/mol. The molecule has 5 nitrogen and oxygen atoms in total. The maximum absolute atomic E-state index is 12.7. The van der Waals surface area contributed by atoms with Crippen LogP contribution >= 0.6 is 22.9 Å². The molecule has 1 N–H and O–H groups in total. The molecule has 0 atom stereocenters. The number of carbonyl (C=O) groups is 2. The Labute approximate surface area is 156 Å². The number of Topliss-reactive ketones (excluding diaryl/α,β-unsaturated/α-hetero) is 1. The highest BCUT2D eigenvalue weighted by molar-refractivity contribution is 7.16. The summed E-state index contributed by atoms with van der Waals surface area (Å²) in [6, 6.07) is 3.84. The van der Waals surface area contributed by atoms with Gasteiger partial charge in [0, 0.05) is 17.1 Å². The van der Waals surface area contributed by atoms with Gasteiger partial charge in [-0.1, -0.05) is 18.5 Å². The van der Waals surface area contributed by atoms with Crippen molar-refractivity contribution in [3.63, 3.8) is 0 Å². The largest absolute Gasteiger partial charge is 0.462 e. The third-order valence-corrected chi connectivity index (χ3v) is 5.23. The van der Waals surface area contributed by atoms with Crippen molar-refractivity contribution in [3.05, 3.63) is 43.9 Å². The van der Waals surface area contributed by atoms with Gasteiger partial charge in [-0.15, -0.1) is 11.3 Å². The Morgan fingerprint density at radius 3 is 2.56 bits per heavy atom. The van der Waals surface area contributed by atoms with E-state index < -0.39 is 5.97 Å². The highest BCUT2D eigenvalue weighted by atomic mass is 35.5. The molecule has 0 aliphatic rings. The first-order valence-electron chi connectivity index (χ1n) is 8.23. The molecular formula is C18H23ClN2O3S. The first-order chi connectivity index (χ1) is 11.9. The number of ether oxygens (including phenoxy) is 1. The lowest BCUT2D eigenvalue weighted by atomic mass is 10.1. The molecule has 0 aliphatic heterocycles. The smallest absolute Gasteiger partial charge is 0.340 e. The highest BCUT2D eigenvalue weighted by Gasteiger charge is 2.23. The fraction of sp³-hybridized carbons (Fsp3) is 0.444. The minimum absolute atomic E-state index is 0.0411. The number of halogens is 1. The third kappa shape index (κ3) is 4.71. The molecule has 0 bridgehead atoms. The molecule has 2 rings (SSSR count). The number of likely N-dealkylation sites (N-methyl/N-ethyl adjacent to an activating group) is 1. The number of rotatable bonds is 8. The van der Waals surface area contributed by atoms with Crippen molar-refractivity contribution in [3.8, 4) is 0 Å². The summed E-state index contributed by atoms with van der Waals surface area (Å²) in [6.45, 7) is 9.32. The van der Waals surface area contributed by atoms with Gasteiger partial charge in [0.2, 0.25) is 0 Å². The van der Waals surface area contributed by atoms with Gasteiger partial charge >= 0.3 is 5.97 Å². The summed E-state index contributed by atoms with van der Waals surface area (Å²) in [6.07, 6.45) is 0. The van der Waals surface area contributed by atoms with E-state index in [2.05, 4.69) is 4.98 Å². The summed E-state index contributed by atoms with van der Waals surface area (Å²) in [4.78, 5) is 31.0. The number of aromatic nitrogens is 1. The number of ketones is 1. The molecule has 2 aromatic rings. The number of aromatic amines is 1. The predicted octanol–water partition coefficient (Wildman–Crippen LogP) is 4.23. The Hall–Kier alpha value is -1.63. The SMILES string of the molecule is CCOC(=O)c1c(C)[nH]c(C(=O)CN(CC)Cc2ccc(Cl)s2)c1C. The minimum Gasteiger partial charge on any atom is -0.462 e. The summed E-state index contributed by atoms with van der Waals surface area (Å²) in [7, 11) is 0. The number of hydrogen-bond donors (Lipinski definition) is 1. The summed E-state index contributed by atoms with van der Waals surface area (Å²) >= 11 is 7.49. The van der Waals surface area contributed by atoms with E-state index in [1.54, 1.807) is 20.8 Å². The van der Waals surface area contributed by atoms with Crippen LogP contribution in [0.4, 0.5) is 0 Å². The Morgan fingerprint density at radius 2 is 2.00 bits per heavy atom. The topological polar surface area (TPSA) is 62.4 Å². The first-order valence-corrected chi connectivity index (χ1v) is 9.42. The average Bonchev–Trinajstić information content (AvgIpc) is 3.09. The Morgan fingerprint density at radius 1 is 1.28 bits per heavy atom. The van der Waals surface area contributed by atoms with Crippen LogP contribution in [0.5, 0.6) is 0 Å². The van der Waals surface area contributed by atoms with Crippen molar-refractivity contribution in [1.82, 2.24) is 9.88 Å². The van der Waals surface area contributed by atoms with E-state index in [0.29, 0.717) is 35.7 Å². The maximum Gasteiger partial charge on any atom is 0.340 e. The molecule has 0 fully saturated rings. The van der Waals surface area contributed by atoms with E-state index in [1.165, 1.54) is 11.3 Å². The normalized spacial score (nSPS) is 11.1. The second kappa shape index (κ2) is 8.65. The van der Waals surface area contributed by atoms with Crippen molar-refractivity contribution in [2.24, 2.45) is 0 Å². The van der Waals surface area contributed by atoms with E-state index >= 15 is 0 Å². The van der Waals surface area contributed by atoms with Crippen molar-refractivity contribution in [2.75, 3.05) is 19.7 Å². The molecule has 0 unspecified atom stereocenters. The van der Waals surface area contributed by atoms with Gasteiger partial charge in [-0.25, -0.2) is 4.79 Å². The number of nitrogens with one attached hydrogen (secondary N) is 1. The van der Waals surface area contributed by atoms with E-state index in [9.17, 15) is 9.59 Å². The number of H-pyrrole nitrogens is 1. The van der Waals surface area contributed by atoms with Gasteiger partial charge in [-0.3, -0.25) is 9.69 Å². The molecule has 25 heavy (non-hydrogen) atoms. The predicted molar refractivity (Wildman–Crippen MR) is 101 cm³/mol. The lowest BCUT2D eigenvalue weighted by Crippen LogP contribution is -2.29. The van der Waals surface area contributed by atoms with Crippen LogP contribution in [-0.2, 0) is 11.3 Å². The van der Waals surface area contributed by atoms with Crippen LogP contribution in [0.2, 0.25) is 4.34 Å². The number of nitrogens with zero attached hydrogens (tertiary/aromatic N) is 1. The zero-order valence-electron chi connectivity index (χ0n) is 14.9. The number of carbonyl (C=O) groups excluding carboxylic acids is 2. The summed E-state index contributed by atoms with van der Waals surface area (Å²) in [5.41, 5.74) is 2.24. The van der Waals surface area contributed by atoms with Crippen molar-refractivity contribution >= 4 is 34.7 Å². The van der Waals surface area contributed by atoms with Gasteiger partial charge in [-0.05, 0) is 45.0 Å². The lowest BCUT2D eigenvalue weighted by molar-refractivity contribution is 0.0525. The zero-order valence-corrected chi connectivity index (χ0v) is 16.5. The van der Waals surface area contributed by atoms with Gasteiger partial charge in [0.1, 0.15) is 0 Å². The van der Waals surface area contributed by atoms with Gasteiger partial charge in [0.05, 0.1) is 28.7 Å². The second-order valence-corrected chi connectivity index (χ2v) is 7.58. The standard InChI is InChI=1S/C18H23ClN2O3S/c1-5-21(9-13-7-8-15(19)25-13)10-14(22)17-11(3)16(12(4)20-17)18(23)24-6-2/h7-8,20H,5-6,9-10H2,1-4H3. The van der Waals surface area contributed by atoms with Gasteiger partial charge in [0.25, 0.3) is 0 Å². The molecule has 2 heterocycles. The molecular weight excluding hydrogens is 360 g/mol. The summed E-state index contributed by atoms with van der Waals surface area (Å²) in [5, 5.41) is 0. The van der Waals surface area contributed by atoms with Crippen LogP contribution in [0.1, 0.15) is 50.8 Å². The fourth-order valence-corrected chi connectivity index (χ4v) is 3.89. The fourth-order valence-electron chi connectivity index (χ4n) is 2.76. The number of aryl methyl sites for hydroxylation is 1. The first kappa shape index (κ1) is 19.7. The molecule has 0 spiro atoms. The van der Waals surface area contributed by atoms with Crippen molar-refractivity contribution in [2.45, 2.75) is 34.2 Å². The van der Waals surface area contributed by atoms with Gasteiger partial charge in [0.15, 0.2) is 5.78 Å². The van der Waals surface area contributed by atoms with Crippen molar-refractivity contribution in [1.29, 1.82) is 0 Å². The zero-order chi connectivity index (χ0) is 18.6. The van der Waals surface area contributed by atoms with Crippen LogP contribution in [0.25, 0.3) is 0 Å². The minimum atomic E-state index is -0.395. The quantitative estimate of drug-likeness (QED) is 0.548. The van der Waals surface area contributed by atoms with Crippen LogP contribution in [0.3, 0.4) is 0 Å².